The summed E-state index contributed by atoms with van der Waals surface area (Å²) in [6.45, 7) is 0. The first kappa shape index (κ1) is 17.0. The molecule has 0 atom stereocenters. The second-order valence-corrected chi connectivity index (χ2v) is 5.27. The van der Waals surface area contributed by atoms with E-state index in [4.69, 9.17) is 5.26 Å². The quantitative estimate of drug-likeness (QED) is 0.738. The average Bonchev–Trinajstić information content (AvgIpc) is 2.66. The van der Waals surface area contributed by atoms with Crippen molar-refractivity contribution < 1.29 is 13.6 Å². The molecule has 1 heterocycles. The lowest BCUT2D eigenvalue weighted by Gasteiger charge is -2.09. The lowest BCUT2D eigenvalue weighted by molar-refractivity contribution is 0.102. The van der Waals surface area contributed by atoms with Crippen LogP contribution in [0.1, 0.15) is 15.9 Å². The Hall–Kier alpha value is -3.79. The van der Waals surface area contributed by atoms with Gasteiger partial charge < -0.3 is 10.6 Å². The Kier molecular flexibility index (Phi) is 4.85. The average molecular weight is 350 g/mol. The van der Waals surface area contributed by atoms with Crippen LogP contribution in [0.2, 0.25) is 0 Å². The van der Waals surface area contributed by atoms with Gasteiger partial charge in [-0.25, -0.2) is 13.8 Å². The fraction of sp³-hybridized carbons (Fsp3) is 0. The predicted molar refractivity (Wildman–Crippen MR) is 93.0 cm³/mol. The minimum Gasteiger partial charge on any atom is -0.335 e. The molecule has 0 aliphatic heterocycles. The van der Waals surface area contributed by atoms with Gasteiger partial charge in [0.25, 0.3) is 5.91 Å². The first-order valence-electron chi connectivity index (χ1n) is 7.56. The Morgan fingerprint density at radius 1 is 1.00 bits per heavy atom. The molecule has 0 aliphatic rings. The van der Waals surface area contributed by atoms with Crippen molar-refractivity contribution in [1.82, 2.24) is 4.98 Å². The smallest absolute Gasteiger partial charge is 0.257 e. The Labute approximate surface area is 147 Å². The highest BCUT2D eigenvalue weighted by Gasteiger charge is 2.11. The van der Waals surface area contributed by atoms with E-state index >= 15 is 0 Å². The summed E-state index contributed by atoms with van der Waals surface area (Å²) in [5, 5.41) is 14.2. The number of rotatable bonds is 4. The van der Waals surface area contributed by atoms with E-state index in [2.05, 4.69) is 15.6 Å². The molecule has 0 saturated heterocycles. The molecule has 5 nitrogen and oxygen atoms in total. The van der Waals surface area contributed by atoms with E-state index < -0.39 is 17.5 Å². The van der Waals surface area contributed by atoms with Gasteiger partial charge in [0.1, 0.15) is 29.2 Å². The fourth-order valence-electron chi connectivity index (χ4n) is 2.23. The maximum atomic E-state index is 13.6. The van der Waals surface area contributed by atoms with Crippen LogP contribution < -0.4 is 10.6 Å². The number of hydrogen-bond acceptors (Lipinski definition) is 4. The summed E-state index contributed by atoms with van der Waals surface area (Å²) in [6.07, 6.45) is 1.27. The number of aromatic nitrogens is 1. The van der Waals surface area contributed by atoms with Crippen LogP contribution in [0.15, 0.2) is 60.8 Å². The molecule has 0 spiro atoms. The first-order chi connectivity index (χ1) is 12.6. The SMILES string of the molecule is N#Cc1ccccc1NC(=O)c1ccc(Nc2c(F)cccc2F)nc1. The number of amides is 1. The van der Waals surface area contributed by atoms with Crippen molar-refractivity contribution in [2.45, 2.75) is 0 Å². The summed E-state index contributed by atoms with van der Waals surface area (Å²) in [5.41, 5.74) is 0.634. The molecule has 1 amide bonds. The van der Waals surface area contributed by atoms with E-state index in [-0.39, 0.29) is 17.1 Å². The molecule has 0 fully saturated rings. The van der Waals surface area contributed by atoms with Gasteiger partial charge in [0.05, 0.1) is 16.8 Å². The summed E-state index contributed by atoms with van der Waals surface area (Å²) in [6, 6.07) is 15.0. The minimum atomic E-state index is -0.748. The molecule has 2 N–H and O–H groups in total. The second kappa shape index (κ2) is 7.40. The third-order valence-electron chi connectivity index (χ3n) is 3.54. The Bertz CT molecular complexity index is 977. The molecule has 7 heteroatoms. The number of benzene rings is 2. The van der Waals surface area contributed by atoms with Crippen molar-refractivity contribution in [2.75, 3.05) is 10.6 Å². The van der Waals surface area contributed by atoms with E-state index in [9.17, 15) is 13.6 Å². The van der Waals surface area contributed by atoms with Gasteiger partial charge in [-0.1, -0.05) is 18.2 Å². The summed E-state index contributed by atoms with van der Waals surface area (Å²) >= 11 is 0. The molecule has 0 aliphatic carbocycles. The molecule has 0 saturated carbocycles. The maximum absolute atomic E-state index is 13.6. The normalized spacial score (nSPS) is 10.0. The van der Waals surface area contributed by atoms with Crippen molar-refractivity contribution in [3.05, 3.63) is 83.6 Å². The van der Waals surface area contributed by atoms with E-state index in [1.54, 1.807) is 24.3 Å². The Balaban J connectivity index is 1.75. The summed E-state index contributed by atoms with van der Waals surface area (Å²) in [7, 11) is 0. The molecule has 2 aromatic carbocycles. The third-order valence-corrected chi connectivity index (χ3v) is 3.54. The largest absolute Gasteiger partial charge is 0.335 e. The van der Waals surface area contributed by atoms with Crippen LogP contribution in [0.3, 0.4) is 0 Å². The zero-order valence-electron chi connectivity index (χ0n) is 13.3. The van der Waals surface area contributed by atoms with E-state index in [0.717, 1.165) is 12.1 Å². The highest BCUT2D eigenvalue weighted by molar-refractivity contribution is 6.04. The number of para-hydroxylation sites is 2. The van der Waals surface area contributed by atoms with Gasteiger partial charge in [0.15, 0.2) is 0 Å². The minimum absolute atomic E-state index is 0.183. The van der Waals surface area contributed by atoms with E-state index in [1.807, 2.05) is 6.07 Å². The predicted octanol–water partition coefficient (Wildman–Crippen LogP) is 4.23. The topological polar surface area (TPSA) is 77.8 Å². The monoisotopic (exact) mass is 350 g/mol. The van der Waals surface area contributed by atoms with Gasteiger partial charge >= 0.3 is 0 Å². The number of nitrogens with one attached hydrogen (secondary N) is 2. The molecule has 0 radical (unpaired) electrons. The second-order valence-electron chi connectivity index (χ2n) is 5.27. The van der Waals surface area contributed by atoms with Gasteiger partial charge in [-0.2, -0.15) is 5.26 Å². The maximum Gasteiger partial charge on any atom is 0.257 e. The van der Waals surface area contributed by atoms with Crippen molar-refractivity contribution in [3.8, 4) is 6.07 Å². The molecule has 26 heavy (non-hydrogen) atoms. The molecule has 3 aromatic rings. The van der Waals surface area contributed by atoms with Gasteiger partial charge in [-0.15, -0.1) is 0 Å². The number of carbonyl (C=O) groups is 1. The van der Waals surface area contributed by atoms with Gasteiger partial charge in [-0.05, 0) is 36.4 Å². The third kappa shape index (κ3) is 3.65. The van der Waals surface area contributed by atoms with Crippen molar-refractivity contribution >= 4 is 23.1 Å². The highest BCUT2D eigenvalue weighted by Crippen LogP contribution is 2.22. The van der Waals surface area contributed by atoms with Gasteiger partial charge in [0, 0.05) is 6.20 Å². The molecule has 128 valence electrons. The van der Waals surface area contributed by atoms with Gasteiger partial charge in [0.2, 0.25) is 0 Å². The number of halogens is 2. The molecule has 1 aromatic heterocycles. The lowest BCUT2D eigenvalue weighted by atomic mass is 10.2. The van der Waals surface area contributed by atoms with Gasteiger partial charge in [-0.3, -0.25) is 4.79 Å². The van der Waals surface area contributed by atoms with Crippen LogP contribution in [0.4, 0.5) is 26.0 Å². The first-order valence-corrected chi connectivity index (χ1v) is 7.56. The zero-order chi connectivity index (χ0) is 18.5. The fourth-order valence-corrected chi connectivity index (χ4v) is 2.23. The highest BCUT2D eigenvalue weighted by atomic mass is 19.1. The number of nitrogens with zero attached hydrogens (tertiary/aromatic N) is 2. The number of carbonyl (C=O) groups excluding carboxylic acids is 1. The number of nitriles is 1. The van der Waals surface area contributed by atoms with Crippen LogP contribution in [-0.2, 0) is 0 Å². The number of anilines is 3. The lowest BCUT2D eigenvalue weighted by Crippen LogP contribution is -2.13. The summed E-state index contributed by atoms with van der Waals surface area (Å²) in [5.74, 6) is -1.77. The van der Waals surface area contributed by atoms with Crippen LogP contribution in [0, 0.1) is 23.0 Å². The van der Waals surface area contributed by atoms with Crippen LogP contribution >= 0.6 is 0 Å². The summed E-state index contributed by atoms with van der Waals surface area (Å²) < 4.78 is 27.3. The molecule has 3 rings (SSSR count). The standard InChI is InChI=1S/C19H12F2N4O/c20-14-5-3-6-15(21)18(14)25-17-9-8-13(11-23-17)19(26)24-16-7-2-1-4-12(16)10-22/h1-9,11H,(H,23,25)(H,24,26). The van der Waals surface area contributed by atoms with Crippen molar-refractivity contribution in [3.63, 3.8) is 0 Å². The summed E-state index contributed by atoms with van der Waals surface area (Å²) in [4.78, 5) is 16.3. The van der Waals surface area contributed by atoms with Crippen LogP contribution in [-0.4, -0.2) is 10.9 Å². The molecular weight excluding hydrogens is 338 g/mol. The van der Waals surface area contributed by atoms with Crippen LogP contribution in [0.25, 0.3) is 0 Å². The number of pyridine rings is 1. The number of hydrogen-bond donors (Lipinski definition) is 2. The molecule has 0 unspecified atom stereocenters. The Morgan fingerprint density at radius 3 is 2.38 bits per heavy atom. The van der Waals surface area contributed by atoms with Crippen molar-refractivity contribution in [2.24, 2.45) is 0 Å². The van der Waals surface area contributed by atoms with Crippen molar-refractivity contribution in [1.29, 1.82) is 5.26 Å². The molecular formula is C19H12F2N4O. The zero-order valence-corrected chi connectivity index (χ0v) is 13.3. The van der Waals surface area contributed by atoms with E-state index in [1.165, 1.54) is 24.4 Å². The molecule has 0 bridgehead atoms. The Morgan fingerprint density at radius 2 is 1.73 bits per heavy atom. The van der Waals surface area contributed by atoms with Crippen LogP contribution in [0.5, 0.6) is 0 Å². The van der Waals surface area contributed by atoms with E-state index in [0.29, 0.717) is 11.3 Å².